The van der Waals surface area contributed by atoms with Crippen LogP contribution in [0.15, 0.2) is 35.3 Å². The minimum Gasteiger partial charge on any atom is -0.384 e. The average molecular weight is 217 g/mol. The van der Waals surface area contributed by atoms with Crippen molar-refractivity contribution < 1.29 is 0 Å². The molecule has 1 aromatic carbocycles. The van der Waals surface area contributed by atoms with Crippen LogP contribution in [-0.2, 0) is 0 Å². The zero-order valence-corrected chi connectivity index (χ0v) is 9.76. The van der Waals surface area contributed by atoms with Gasteiger partial charge in [0.2, 0.25) is 0 Å². The molecule has 0 radical (unpaired) electrons. The Morgan fingerprint density at radius 1 is 1.44 bits per heavy atom. The molecular weight excluding hydrogens is 198 g/mol. The maximum Gasteiger partial charge on any atom is 0.125 e. The first-order valence-corrected chi connectivity index (χ1v) is 5.79. The van der Waals surface area contributed by atoms with Crippen molar-refractivity contribution in [3.63, 3.8) is 0 Å². The number of rotatable bonds is 3. The Bertz CT molecular complexity index is 359. The predicted octanol–water partition coefficient (Wildman–Crippen LogP) is 1.34. The van der Waals surface area contributed by atoms with Gasteiger partial charge in [-0.25, -0.2) is 0 Å². The summed E-state index contributed by atoms with van der Waals surface area (Å²) in [5, 5.41) is 0. The number of aliphatic imine (C=N–C) groups is 1. The maximum absolute atomic E-state index is 5.94. The Balaban J connectivity index is 1.92. The van der Waals surface area contributed by atoms with Gasteiger partial charge < -0.3 is 10.6 Å². The second-order valence-corrected chi connectivity index (χ2v) is 4.51. The quantitative estimate of drug-likeness (QED) is 0.613. The summed E-state index contributed by atoms with van der Waals surface area (Å²) in [6, 6.07) is 9.96. The topological polar surface area (TPSA) is 41.6 Å². The molecule has 16 heavy (non-hydrogen) atoms. The van der Waals surface area contributed by atoms with Crippen LogP contribution in [0.4, 0.5) is 0 Å². The van der Waals surface area contributed by atoms with Crippen molar-refractivity contribution in [1.29, 1.82) is 0 Å². The van der Waals surface area contributed by atoms with Crippen molar-refractivity contribution in [3.8, 4) is 0 Å². The molecule has 0 amide bonds. The van der Waals surface area contributed by atoms with Gasteiger partial charge in [-0.1, -0.05) is 30.3 Å². The molecule has 1 aromatic rings. The van der Waals surface area contributed by atoms with E-state index in [2.05, 4.69) is 16.9 Å². The highest BCUT2D eigenvalue weighted by Gasteiger charge is 2.18. The third-order valence-electron chi connectivity index (χ3n) is 3.08. The van der Waals surface area contributed by atoms with E-state index in [4.69, 9.17) is 5.73 Å². The van der Waals surface area contributed by atoms with Crippen molar-refractivity contribution in [3.05, 3.63) is 35.9 Å². The normalized spacial score (nSPS) is 22.6. The van der Waals surface area contributed by atoms with Crippen molar-refractivity contribution in [2.24, 2.45) is 16.6 Å². The van der Waals surface area contributed by atoms with Crippen LogP contribution in [0.1, 0.15) is 12.0 Å². The third-order valence-corrected chi connectivity index (χ3v) is 3.08. The molecule has 86 valence electrons. The molecule has 1 fully saturated rings. The summed E-state index contributed by atoms with van der Waals surface area (Å²) in [7, 11) is 2.16. The Hall–Kier alpha value is -1.35. The van der Waals surface area contributed by atoms with Gasteiger partial charge in [-0.2, -0.15) is 0 Å². The van der Waals surface area contributed by atoms with Gasteiger partial charge in [-0.3, -0.25) is 4.99 Å². The van der Waals surface area contributed by atoms with Crippen molar-refractivity contribution in [2.75, 3.05) is 26.7 Å². The molecule has 0 aliphatic carbocycles. The monoisotopic (exact) mass is 217 g/mol. The number of amidine groups is 1. The first-order chi connectivity index (χ1) is 7.75. The lowest BCUT2D eigenvalue weighted by Crippen LogP contribution is -2.18. The van der Waals surface area contributed by atoms with E-state index in [1.165, 1.54) is 13.0 Å². The molecule has 1 aliphatic rings. The van der Waals surface area contributed by atoms with Gasteiger partial charge in [-0.05, 0) is 25.9 Å². The highest BCUT2D eigenvalue weighted by molar-refractivity contribution is 5.97. The predicted molar refractivity (Wildman–Crippen MR) is 67.6 cm³/mol. The van der Waals surface area contributed by atoms with Crippen LogP contribution in [0.5, 0.6) is 0 Å². The Morgan fingerprint density at radius 2 is 2.19 bits per heavy atom. The van der Waals surface area contributed by atoms with Crippen LogP contribution >= 0.6 is 0 Å². The Kier molecular flexibility index (Phi) is 3.57. The zero-order valence-electron chi connectivity index (χ0n) is 9.76. The van der Waals surface area contributed by atoms with Crippen LogP contribution in [0.3, 0.4) is 0 Å². The minimum atomic E-state index is 0.662. The minimum absolute atomic E-state index is 0.662. The SMILES string of the molecule is CN1CCC(CN=C(N)c2ccccc2)C1. The number of nitrogens with zero attached hydrogens (tertiary/aromatic N) is 2. The van der Waals surface area contributed by atoms with E-state index in [1.807, 2.05) is 30.3 Å². The summed E-state index contributed by atoms with van der Waals surface area (Å²) in [6.07, 6.45) is 1.24. The third kappa shape index (κ3) is 2.83. The van der Waals surface area contributed by atoms with Gasteiger partial charge in [0.25, 0.3) is 0 Å². The lowest BCUT2D eigenvalue weighted by atomic mass is 10.1. The fourth-order valence-corrected chi connectivity index (χ4v) is 2.10. The van der Waals surface area contributed by atoms with Crippen molar-refractivity contribution in [1.82, 2.24) is 4.90 Å². The molecule has 3 nitrogen and oxygen atoms in total. The number of likely N-dealkylation sites (tertiary alicyclic amines) is 1. The molecule has 0 spiro atoms. The lowest BCUT2D eigenvalue weighted by molar-refractivity contribution is 0.397. The van der Waals surface area contributed by atoms with Crippen LogP contribution in [0.25, 0.3) is 0 Å². The molecule has 1 atom stereocenters. The molecular formula is C13H19N3. The summed E-state index contributed by atoms with van der Waals surface area (Å²) in [5.41, 5.74) is 6.97. The van der Waals surface area contributed by atoms with E-state index in [9.17, 15) is 0 Å². The molecule has 2 N–H and O–H groups in total. The van der Waals surface area contributed by atoms with Gasteiger partial charge in [0.15, 0.2) is 0 Å². The molecule has 1 heterocycles. The van der Waals surface area contributed by atoms with Crippen LogP contribution in [0.2, 0.25) is 0 Å². The first-order valence-electron chi connectivity index (χ1n) is 5.79. The number of hydrogen-bond donors (Lipinski definition) is 1. The largest absolute Gasteiger partial charge is 0.384 e. The fourth-order valence-electron chi connectivity index (χ4n) is 2.10. The summed E-state index contributed by atoms with van der Waals surface area (Å²) < 4.78 is 0. The molecule has 0 bridgehead atoms. The fraction of sp³-hybridized carbons (Fsp3) is 0.462. The zero-order chi connectivity index (χ0) is 11.4. The Labute approximate surface area is 97.0 Å². The van der Waals surface area contributed by atoms with Crippen LogP contribution in [0, 0.1) is 5.92 Å². The standard InChI is InChI=1S/C13H19N3/c1-16-8-7-11(10-16)9-15-13(14)12-5-3-2-4-6-12/h2-6,11H,7-10H2,1H3,(H2,14,15). The lowest BCUT2D eigenvalue weighted by Gasteiger charge is -2.08. The number of benzene rings is 1. The van der Waals surface area contributed by atoms with Crippen LogP contribution < -0.4 is 5.73 Å². The van der Waals surface area contributed by atoms with Gasteiger partial charge in [0.05, 0.1) is 0 Å². The van der Waals surface area contributed by atoms with E-state index in [-0.39, 0.29) is 0 Å². The summed E-state index contributed by atoms with van der Waals surface area (Å²) >= 11 is 0. The number of nitrogens with two attached hydrogens (primary N) is 1. The molecule has 0 aromatic heterocycles. The highest BCUT2D eigenvalue weighted by atomic mass is 15.1. The van der Waals surface area contributed by atoms with Crippen molar-refractivity contribution in [2.45, 2.75) is 6.42 Å². The molecule has 2 rings (SSSR count). The first kappa shape index (κ1) is 11.1. The summed E-state index contributed by atoms with van der Waals surface area (Å²) in [6.45, 7) is 3.18. The highest BCUT2D eigenvalue weighted by Crippen LogP contribution is 2.14. The van der Waals surface area contributed by atoms with E-state index in [1.54, 1.807) is 0 Å². The van der Waals surface area contributed by atoms with E-state index in [0.717, 1.165) is 18.7 Å². The van der Waals surface area contributed by atoms with E-state index < -0.39 is 0 Å². The van der Waals surface area contributed by atoms with Crippen molar-refractivity contribution >= 4 is 5.84 Å². The smallest absolute Gasteiger partial charge is 0.125 e. The average Bonchev–Trinajstić information content (AvgIpc) is 2.73. The molecule has 0 saturated carbocycles. The molecule has 3 heteroatoms. The molecule has 1 aliphatic heterocycles. The van der Waals surface area contributed by atoms with Gasteiger partial charge in [0.1, 0.15) is 5.84 Å². The second kappa shape index (κ2) is 5.12. The van der Waals surface area contributed by atoms with Gasteiger partial charge in [0, 0.05) is 18.7 Å². The van der Waals surface area contributed by atoms with Gasteiger partial charge >= 0.3 is 0 Å². The summed E-state index contributed by atoms with van der Waals surface area (Å²) in [5.74, 6) is 1.34. The molecule has 1 unspecified atom stereocenters. The van der Waals surface area contributed by atoms with E-state index >= 15 is 0 Å². The van der Waals surface area contributed by atoms with Crippen LogP contribution in [-0.4, -0.2) is 37.4 Å². The molecule has 1 saturated heterocycles. The number of hydrogen-bond acceptors (Lipinski definition) is 2. The maximum atomic E-state index is 5.94. The summed E-state index contributed by atoms with van der Waals surface area (Å²) in [4.78, 5) is 6.82. The Morgan fingerprint density at radius 3 is 2.81 bits per heavy atom. The van der Waals surface area contributed by atoms with Gasteiger partial charge in [-0.15, -0.1) is 0 Å². The van der Waals surface area contributed by atoms with E-state index in [0.29, 0.717) is 11.8 Å². The second-order valence-electron chi connectivity index (χ2n) is 4.51.